The summed E-state index contributed by atoms with van der Waals surface area (Å²) in [5.74, 6) is -1.19. The second-order valence-electron chi connectivity index (χ2n) is 4.32. The number of carbonyl (C=O) groups excluding carboxylic acids is 2. The molecule has 1 aromatic rings. The Balaban J connectivity index is 2.57. The molecule has 2 atom stereocenters. The van der Waals surface area contributed by atoms with Gasteiger partial charge in [-0.15, -0.1) is 0 Å². The number of urea groups is 1. The van der Waals surface area contributed by atoms with Crippen LogP contribution in [-0.4, -0.2) is 41.2 Å². The first kappa shape index (κ1) is 16.5. The van der Waals surface area contributed by atoms with Crippen molar-refractivity contribution in [3.8, 4) is 0 Å². The van der Waals surface area contributed by atoms with Crippen LogP contribution in [0.2, 0.25) is 0 Å². The third kappa shape index (κ3) is 5.13. The van der Waals surface area contributed by atoms with E-state index in [9.17, 15) is 14.4 Å². The number of nitrogens with zero attached hydrogens (tertiary/aromatic N) is 1. The average Bonchev–Trinajstić information content (AvgIpc) is 2.84. The number of carbonyl (C=O) groups is 3. The molecule has 116 valence electrons. The molecule has 0 aliphatic carbocycles. The maximum atomic E-state index is 11.7. The zero-order chi connectivity index (χ0) is 16.0. The molecule has 0 saturated heterocycles. The lowest BCUT2D eigenvalue weighted by Gasteiger charge is -2.16. The minimum Gasteiger partial charge on any atom is -0.480 e. The van der Waals surface area contributed by atoms with Gasteiger partial charge in [0.1, 0.15) is 17.8 Å². The first-order chi connectivity index (χ1) is 9.83. The van der Waals surface area contributed by atoms with E-state index in [0.29, 0.717) is 11.7 Å². The summed E-state index contributed by atoms with van der Waals surface area (Å²) in [5, 5.41) is 13.6. The van der Waals surface area contributed by atoms with E-state index in [-0.39, 0.29) is 0 Å². The molecular formula is C12H17N3O6. The van der Waals surface area contributed by atoms with Crippen LogP contribution in [0.3, 0.4) is 0 Å². The van der Waals surface area contributed by atoms with Gasteiger partial charge in [-0.1, -0.05) is 0 Å². The molecule has 2 amide bonds. The van der Waals surface area contributed by atoms with Crippen LogP contribution >= 0.6 is 0 Å². The topological polar surface area (TPSA) is 131 Å². The summed E-state index contributed by atoms with van der Waals surface area (Å²) < 4.78 is 9.60. The van der Waals surface area contributed by atoms with Crippen molar-refractivity contribution < 1.29 is 28.6 Å². The van der Waals surface area contributed by atoms with E-state index in [4.69, 9.17) is 9.52 Å². The second-order valence-corrected chi connectivity index (χ2v) is 4.32. The number of carboxylic acids is 1. The van der Waals surface area contributed by atoms with Gasteiger partial charge in [0.2, 0.25) is 5.89 Å². The van der Waals surface area contributed by atoms with Crippen LogP contribution in [-0.2, 0) is 14.3 Å². The summed E-state index contributed by atoms with van der Waals surface area (Å²) in [4.78, 5) is 37.7. The maximum absolute atomic E-state index is 11.7. The molecule has 0 saturated carbocycles. The Morgan fingerprint density at radius 3 is 2.57 bits per heavy atom. The van der Waals surface area contributed by atoms with E-state index >= 15 is 0 Å². The minimum absolute atomic E-state index is 0.294. The summed E-state index contributed by atoms with van der Waals surface area (Å²) in [5.41, 5.74) is 0. The number of ether oxygens (including phenoxy) is 1. The average molecular weight is 299 g/mol. The molecule has 0 spiro atoms. The Morgan fingerprint density at radius 1 is 1.43 bits per heavy atom. The number of nitrogens with one attached hydrogen (secondary N) is 2. The van der Waals surface area contributed by atoms with Crippen molar-refractivity contribution in [3.63, 3.8) is 0 Å². The van der Waals surface area contributed by atoms with Crippen LogP contribution in [0.5, 0.6) is 0 Å². The number of aromatic nitrogens is 1. The van der Waals surface area contributed by atoms with Gasteiger partial charge in [-0.25, -0.2) is 14.6 Å². The van der Waals surface area contributed by atoms with E-state index in [2.05, 4.69) is 20.4 Å². The summed E-state index contributed by atoms with van der Waals surface area (Å²) in [6.07, 6.45) is 1.04. The van der Waals surface area contributed by atoms with Gasteiger partial charge in [-0.3, -0.25) is 4.79 Å². The molecule has 0 aromatic carbocycles. The Kier molecular flexibility index (Phi) is 5.70. The Hall–Kier alpha value is -2.58. The Bertz CT molecular complexity index is 527. The molecule has 0 radical (unpaired) electrons. The van der Waals surface area contributed by atoms with Gasteiger partial charge in [0.05, 0.1) is 19.7 Å². The molecule has 1 unspecified atom stereocenters. The zero-order valence-electron chi connectivity index (χ0n) is 11.9. The highest BCUT2D eigenvalue weighted by molar-refractivity contribution is 5.86. The largest absolute Gasteiger partial charge is 0.480 e. The minimum atomic E-state index is -1.38. The number of carboxylic acid groups (broad SMARTS) is 1. The maximum Gasteiger partial charge on any atom is 0.326 e. The van der Waals surface area contributed by atoms with Gasteiger partial charge in [0, 0.05) is 0 Å². The van der Waals surface area contributed by atoms with Gasteiger partial charge in [0.25, 0.3) is 0 Å². The van der Waals surface area contributed by atoms with Crippen LogP contribution in [0.4, 0.5) is 4.79 Å². The molecule has 1 heterocycles. The summed E-state index contributed by atoms with van der Waals surface area (Å²) in [6, 6.07) is -2.68. The van der Waals surface area contributed by atoms with E-state index in [1.807, 2.05) is 0 Å². The lowest BCUT2D eigenvalue weighted by molar-refractivity contribution is -0.147. The number of aryl methyl sites for hydroxylation is 1. The van der Waals surface area contributed by atoms with Gasteiger partial charge in [0.15, 0.2) is 0 Å². The predicted octanol–water partition coefficient (Wildman–Crippen LogP) is 0.360. The number of rotatable bonds is 6. The molecule has 3 N–H and O–H groups in total. The van der Waals surface area contributed by atoms with Crippen LogP contribution in [0.1, 0.15) is 31.0 Å². The number of aliphatic carboxylic acids is 1. The number of oxazole rings is 1. The number of hydrogen-bond donors (Lipinski definition) is 3. The number of hydrogen-bond acceptors (Lipinski definition) is 6. The van der Waals surface area contributed by atoms with Gasteiger partial charge in [-0.05, 0) is 13.8 Å². The molecule has 0 bridgehead atoms. The third-order valence-corrected chi connectivity index (χ3v) is 2.56. The van der Waals surface area contributed by atoms with Crippen LogP contribution < -0.4 is 10.6 Å². The SMILES string of the molecule is COC(=O)C[C@H](NC(=O)NC(C)c1ncc(C)o1)C(=O)O. The Morgan fingerprint density at radius 2 is 2.10 bits per heavy atom. The fraction of sp³-hybridized carbons (Fsp3) is 0.500. The summed E-state index contributed by atoms with van der Waals surface area (Å²) in [6.45, 7) is 3.33. The standard InChI is InChI=1S/C12H17N3O6/c1-6-5-13-10(21-6)7(2)14-12(19)15-8(11(17)18)4-9(16)20-3/h5,7-8H,4H2,1-3H3,(H,17,18)(H2,14,15,19)/t7?,8-/m0/s1. The third-order valence-electron chi connectivity index (χ3n) is 2.56. The van der Waals surface area contributed by atoms with Crippen LogP contribution in [0.15, 0.2) is 10.6 Å². The first-order valence-corrected chi connectivity index (χ1v) is 6.12. The molecule has 1 aromatic heterocycles. The molecule has 21 heavy (non-hydrogen) atoms. The van der Waals surface area contributed by atoms with E-state index < -0.39 is 36.5 Å². The van der Waals surface area contributed by atoms with Gasteiger partial charge in [-0.2, -0.15) is 0 Å². The molecule has 0 aliphatic rings. The van der Waals surface area contributed by atoms with Crippen molar-refractivity contribution >= 4 is 18.0 Å². The first-order valence-electron chi connectivity index (χ1n) is 6.12. The van der Waals surface area contributed by atoms with E-state index in [1.165, 1.54) is 6.20 Å². The van der Waals surface area contributed by atoms with Gasteiger partial charge < -0.3 is 24.9 Å². The van der Waals surface area contributed by atoms with Crippen LogP contribution in [0.25, 0.3) is 0 Å². The monoisotopic (exact) mass is 299 g/mol. The number of methoxy groups -OCH3 is 1. The van der Waals surface area contributed by atoms with Crippen molar-refractivity contribution in [2.45, 2.75) is 32.4 Å². The molecule has 1 rings (SSSR count). The Labute approximate surface area is 120 Å². The normalized spacial score (nSPS) is 13.1. The molecular weight excluding hydrogens is 282 g/mol. The summed E-state index contributed by atoms with van der Waals surface area (Å²) >= 11 is 0. The predicted molar refractivity (Wildman–Crippen MR) is 69.4 cm³/mol. The fourth-order valence-electron chi connectivity index (χ4n) is 1.48. The second kappa shape index (κ2) is 7.27. The lowest BCUT2D eigenvalue weighted by Crippen LogP contribution is -2.47. The molecule has 0 fully saturated rings. The molecule has 9 nitrogen and oxygen atoms in total. The lowest BCUT2D eigenvalue weighted by atomic mass is 10.2. The summed E-state index contributed by atoms with van der Waals surface area (Å²) in [7, 11) is 1.13. The van der Waals surface area contributed by atoms with E-state index in [1.54, 1.807) is 13.8 Å². The fourth-order valence-corrected chi connectivity index (χ4v) is 1.48. The van der Waals surface area contributed by atoms with Gasteiger partial charge >= 0.3 is 18.0 Å². The number of amides is 2. The highest BCUT2D eigenvalue weighted by Gasteiger charge is 2.25. The van der Waals surface area contributed by atoms with Crippen molar-refractivity contribution in [1.29, 1.82) is 0 Å². The molecule has 0 aliphatic heterocycles. The highest BCUT2D eigenvalue weighted by Crippen LogP contribution is 2.11. The quantitative estimate of drug-likeness (QED) is 0.646. The van der Waals surface area contributed by atoms with E-state index in [0.717, 1.165) is 7.11 Å². The van der Waals surface area contributed by atoms with Crippen molar-refractivity contribution in [2.24, 2.45) is 0 Å². The van der Waals surface area contributed by atoms with Crippen molar-refractivity contribution in [1.82, 2.24) is 15.6 Å². The van der Waals surface area contributed by atoms with Crippen LogP contribution in [0, 0.1) is 6.92 Å². The highest BCUT2D eigenvalue weighted by atomic mass is 16.5. The van der Waals surface area contributed by atoms with Crippen molar-refractivity contribution in [2.75, 3.05) is 7.11 Å². The van der Waals surface area contributed by atoms with Crippen molar-refractivity contribution in [3.05, 3.63) is 17.8 Å². The molecule has 9 heteroatoms. The number of esters is 1. The smallest absolute Gasteiger partial charge is 0.326 e. The zero-order valence-corrected chi connectivity index (χ0v) is 11.9.